The molecule has 0 aliphatic carbocycles. The molecule has 29 heavy (non-hydrogen) atoms. The summed E-state index contributed by atoms with van der Waals surface area (Å²) >= 11 is 6.42. The maximum atomic E-state index is 12.9. The predicted molar refractivity (Wildman–Crippen MR) is 119 cm³/mol. The zero-order valence-corrected chi connectivity index (χ0v) is 17.7. The number of aromatic nitrogens is 2. The molecule has 1 N–H and O–H groups in total. The second-order valence-electron chi connectivity index (χ2n) is 8.30. The largest absolute Gasteiger partial charge is 0.317 e. The molecule has 1 fully saturated rings. The number of piperidine rings is 1. The van der Waals surface area contributed by atoms with Crippen molar-refractivity contribution >= 4 is 22.5 Å². The van der Waals surface area contributed by atoms with E-state index in [1.165, 1.54) is 16.8 Å². The van der Waals surface area contributed by atoms with E-state index in [9.17, 15) is 4.79 Å². The summed E-state index contributed by atoms with van der Waals surface area (Å²) in [4.78, 5) is 17.5. The molecular formula is C24H26ClN3O. The number of halogens is 1. The lowest BCUT2D eigenvalue weighted by atomic mass is 9.75. The monoisotopic (exact) mass is 407 g/mol. The van der Waals surface area contributed by atoms with Crippen LogP contribution in [0.4, 0.5) is 0 Å². The van der Waals surface area contributed by atoms with Gasteiger partial charge in [0.05, 0.1) is 27.0 Å². The molecule has 0 amide bonds. The lowest BCUT2D eigenvalue weighted by Gasteiger charge is -2.27. The minimum atomic E-state index is -0.238. The molecule has 0 unspecified atom stereocenters. The Hall–Kier alpha value is -2.17. The second kappa shape index (κ2) is 6.96. The molecule has 2 aliphatic rings. The summed E-state index contributed by atoms with van der Waals surface area (Å²) < 4.78 is 2.20. The SMILES string of the molecule is CCC1(CC)c2ccc(C3CCNCC3)cc2-n2c1nc(=O)c1c(Cl)cccc12. The van der Waals surface area contributed by atoms with Crippen LogP contribution in [0.15, 0.2) is 41.2 Å². The van der Waals surface area contributed by atoms with Crippen molar-refractivity contribution in [2.24, 2.45) is 0 Å². The van der Waals surface area contributed by atoms with Gasteiger partial charge in [-0.3, -0.25) is 9.36 Å². The van der Waals surface area contributed by atoms with Gasteiger partial charge in [0, 0.05) is 0 Å². The number of hydrogen-bond acceptors (Lipinski definition) is 3. The highest BCUT2D eigenvalue weighted by molar-refractivity contribution is 6.35. The minimum absolute atomic E-state index is 0.227. The van der Waals surface area contributed by atoms with Gasteiger partial charge in [-0.2, -0.15) is 4.98 Å². The molecule has 1 aromatic heterocycles. The van der Waals surface area contributed by atoms with E-state index >= 15 is 0 Å². The first-order valence-corrected chi connectivity index (χ1v) is 11.1. The third-order valence-electron chi connectivity index (χ3n) is 7.09. The maximum absolute atomic E-state index is 12.9. The molecule has 5 rings (SSSR count). The number of fused-ring (bicyclic) bond motifs is 5. The lowest BCUT2D eigenvalue weighted by molar-refractivity contribution is 0.458. The molecule has 0 saturated carbocycles. The van der Waals surface area contributed by atoms with Crippen LogP contribution >= 0.6 is 11.6 Å². The molecule has 3 aromatic rings. The fourth-order valence-corrected chi connectivity index (χ4v) is 5.66. The van der Waals surface area contributed by atoms with Crippen molar-refractivity contribution in [3.63, 3.8) is 0 Å². The fraction of sp³-hybridized carbons (Fsp3) is 0.417. The lowest BCUT2D eigenvalue weighted by Crippen LogP contribution is -2.29. The van der Waals surface area contributed by atoms with E-state index in [0.29, 0.717) is 16.3 Å². The molecule has 0 radical (unpaired) electrons. The summed E-state index contributed by atoms with van der Waals surface area (Å²) in [7, 11) is 0. The molecule has 0 atom stereocenters. The van der Waals surface area contributed by atoms with Gasteiger partial charge in [-0.05, 0) is 74.0 Å². The van der Waals surface area contributed by atoms with E-state index in [4.69, 9.17) is 11.6 Å². The van der Waals surface area contributed by atoms with Crippen LogP contribution < -0.4 is 10.9 Å². The molecule has 4 nitrogen and oxygen atoms in total. The molecule has 0 bridgehead atoms. The summed E-state index contributed by atoms with van der Waals surface area (Å²) in [5.41, 5.74) is 4.22. The van der Waals surface area contributed by atoms with Crippen LogP contribution in [0.2, 0.25) is 5.02 Å². The molecule has 3 heterocycles. The molecule has 2 aliphatic heterocycles. The van der Waals surface area contributed by atoms with Gasteiger partial charge in [-0.1, -0.05) is 43.6 Å². The molecule has 1 saturated heterocycles. The highest BCUT2D eigenvalue weighted by Gasteiger charge is 2.43. The van der Waals surface area contributed by atoms with Gasteiger partial charge in [-0.15, -0.1) is 0 Å². The summed E-state index contributed by atoms with van der Waals surface area (Å²) in [6.45, 7) is 6.52. The Morgan fingerprint density at radius 2 is 1.93 bits per heavy atom. The van der Waals surface area contributed by atoms with Crippen molar-refractivity contribution in [2.45, 2.75) is 50.9 Å². The highest BCUT2D eigenvalue weighted by atomic mass is 35.5. The van der Waals surface area contributed by atoms with Crippen molar-refractivity contribution in [3.8, 4) is 5.69 Å². The van der Waals surface area contributed by atoms with Gasteiger partial charge in [0.15, 0.2) is 0 Å². The van der Waals surface area contributed by atoms with Gasteiger partial charge < -0.3 is 5.32 Å². The van der Waals surface area contributed by atoms with Crippen LogP contribution in [0.5, 0.6) is 0 Å². The van der Waals surface area contributed by atoms with Crippen molar-refractivity contribution in [3.05, 3.63) is 68.7 Å². The Morgan fingerprint density at radius 3 is 2.66 bits per heavy atom. The van der Waals surface area contributed by atoms with Gasteiger partial charge in [0.1, 0.15) is 5.82 Å². The number of benzene rings is 2. The maximum Gasteiger partial charge on any atom is 0.282 e. The topological polar surface area (TPSA) is 46.9 Å². The number of hydrogen-bond donors (Lipinski definition) is 1. The van der Waals surface area contributed by atoms with E-state index < -0.39 is 0 Å². The van der Waals surface area contributed by atoms with Crippen molar-refractivity contribution in [2.75, 3.05) is 13.1 Å². The van der Waals surface area contributed by atoms with Crippen LogP contribution in [-0.2, 0) is 5.41 Å². The Morgan fingerprint density at radius 1 is 1.17 bits per heavy atom. The Balaban J connectivity index is 1.84. The fourth-order valence-electron chi connectivity index (χ4n) is 5.41. The molecular weight excluding hydrogens is 382 g/mol. The summed E-state index contributed by atoms with van der Waals surface area (Å²) in [6, 6.07) is 12.6. The van der Waals surface area contributed by atoms with E-state index in [1.807, 2.05) is 12.1 Å². The quantitative estimate of drug-likeness (QED) is 0.669. The van der Waals surface area contributed by atoms with E-state index in [-0.39, 0.29) is 11.0 Å². The molecule has 2 aromatic carbocycles. The van der Waals surface area contributed by atoms with Crippen molar-refractivity contribution < 1.29 is 0 Å². The zero-order valence-electron chi connectivity index (χ0n) is 17.0. The number of rotatable bonds is 3. The average Bonchev–Trinajstić information content (AvgIpc) is 3.03. The summed E-state index contributed by atoms with van der Waals surface area (Å²) in [5, 5.41) is 4.44. The first-order valence-electron chi connectivity index (χ1n) is 10.7. The van der Waals surface area contributed by atoms with Crippen LogP contribution in [0, 0.1) is 0 Å². The number of nitrogens with one attached hydrogen (secondary N) is 1. The summed E-state index contributed by atoms with van der Waals surface area (Å²) in [6.07, 6.45) is 4.13. The normalized spacial score (nSPS) is 18.0. The van der Waals surface area contributed by atoms with Crippen molar-refractivity contribution in [1.29, 1.82) is 0 Å². The third kappa shape index (κ3) is 2.62. The van der Waals surface area contributed by atoms with Gasteiger partial charge in [0.2, 0.25) is 0 Å². The highest BCUT2D eigenvalue weighted by Crippen LogP contribution is 2.48. The Labute approximate surface area is 175 Å². The van der Waals surface area contributed by atoms with Gasteiger partial charge >= 0.3 is 0 Å². The van der Waals surface area contributed by atoms with E-state index in [0.717, 1.165) is 50.1 Å². The third-order valence-corrected chi connectivity index (χ3v) is 7.40. The molecule has 150 valence electrons. The molecule has 0 spiro atoms. The average molecular weight is 408 g/mol. The first kappa shape index (κ1) is 18.8. The number of nitrogens with zero attached hydrogens (tertiary/aromatic N) is 2. The van der Waals surface area contributed by atoms with Crippen LogP contribution in [0.25, 0.3) is 16.6 Å². The summed E-state index contributed by atoms with van der Waals surface area (Å²) in [5.74, 6) is 1.44. The second-order valence-corrected chi connectivity index (χ2v) is 8.71. The Bertz CT molecular complexity index is 1160. The van der Waals surface area contributed by atoms with Gasteiger partial charge in [-0.25, -0.2) is 0 Å². The van der Waals surface area contributed by atoms with Gasteiger partial charge in [0.25, 0.3) is 5.56 Å². The predicted octanol–water partition coefficient (Wildman–Crippen LogP) is 4.93. The van der Waals surface area contributed by atoms with Crippen molar-refractivity contribution in [1.82, 2.24) is 14.9 Å². The standard InChI is InChI=1S/C24H26ClN3O/c1-3-24(4-2)17-9-8-16(15-10-12-26-13-11-15)14-20(17)28-19-7-5-6-18(25)21(19)22(29)27-23(24)28/h5-9,14-15,26H,3-4,10-13H2,1-2H3. The molecule has 5 heteroatoms. The van der Waals surface area contributed by atoms with Crippen LogP contribution in [0.1, 0.15) is 62.4 Å². The van der Waals surface area contributed by atoms with Crippen LogP contribution in [0.3, 0.4) is 0 Å². The smallest absolute Gasteiger partial charge is 0.282 e. The van der Waals surface area contributed by atoms with E-state index in [2.05, 4.69) is 46.9 Å². The first-order chi connectivity index (χ1) is 14.1. The van der Waals surface area contributed by atoms with E-state index in [1.54, 1.807) is 6.07 Å². The minimum Gasteiger partial charge on any atom is -0.317 e. The zero-order chi connectivity index (χ0) is 20.2. The Kier molecular flexibility index (Phi) is 4.52. The van der Waals surface area contributed by atoms with Crippen LogP contribution in [-0.4, -0.2) is 22.6 Å².